The number of hydrogen-bond donors (Lipinski definition) is 3. The highest BCUT2D eigenvalue weighted by Gasteiger charge is 2.13. The number of ether oxygens (including phenoxy) is 1. The number of nitrogens with zero attached hydrogens (tertiary/aromatic N) is 1. The zero-order valence-electron chi connectivity index (χ0n) is 19.0. The number of aromatic amines is 1. The Labute approximate surface area is 197 Å². The smallest absolute Gasteiger partial charge is 0.259 e. The van der Waals surface area contributed by atoms with Crippen LogP contribution in [0.2, 0.25) is 0 Å². The Morgan fingerprint density at radius 2 is 1.79 bits per heavy atom. The molecule has 6 nitrogen and oxygen atoms in total. The molecule has 0 atom stereocenters. The van der Waals surface area contributed by atoms with E-state index < -0.39 is 0 Å². The van der Waals surface area contributed by atoms with E-state index in [2.05, 4.69) is 35.5 Å². The zero-order valence-corrected chi connectivity index (χ0v) is 19.8. The molecule has 170 valence electrons. The van der Waals surface area contributed by atoms with E-state index in [1.807, 2.05) is 60.9 Å². The van der Waals surface area contributed by atoms with Crippen LogP contribution in [0, 0.1) is 5.92 Å². The van der Waals surface area contributed by atoms with E-state index in [9.17, 15) is 4.79 Å². The van der Waals surface area contributed by atoms with Crippen LogP contribution in [-0.2, 0) is 0 Å². The first-order valence-corrected chi connectivity index (χ1v) is 12.2. The van der Waals surface area contributed by atoms with Crippen LogP contribution in [0.3, 0.4) is 0 Å². The number of para-hydroxylation sites is 3. The summed E-state index contributed by atoms with van der Waals surface area (Å²) in [4.78, 5) is 21.3. The summed E-state index contributed by atoms with van der Waals surface area (Å²) in [6.45, 7) is 4.96. The molecule has 0 saturated heterocycles. The van der Waals surface area contributed by atoms with Crippen LogP contribution in [0.1, 0.15) is 20.3 Å². The molecule has 0 aliphatic rings. The molecule has 2 aromatic carbocycles. The van der Waals surface area contributed by atoms with Crippen LogP contribution in [0.5, 0.6) is 5.75 Å². The molecule has 0 bridgehead atoms. The van der Waals surface area contributed by atoms with Crippen molar-refractivity contribution in [1.82, 2.24) is 9.97 Å². The summed E-state index contributed by atoms with van der Waals surface area (Å²) < 4.78 is 6.02. The average Bonchev–Trinajstić information content (AvgIpc) is 2.80. The van der Waals surface area contributed by atoms with Gasteiger partial charge in [0, 0.05) is 11.1 Å². The van der Waals surface area contributed by atoms with Gasteiger partial charge in [-0.3, -0.25) is 4.79 Å². The van der Waals surface area contributed by atoms with Gasteiger partial charge in [0.15, 0.2) is 0 Å². The summed E-state index contributed by atoms with van der Waals surface area (Å²) in [6, 6.07) is 19.5. The number of nitrogens with one attached hydrogen (secondary N) is 3. The van der Waals surface area contributed by atoms with E-state index >= 15 is 0 Å². The van der Waals surface area contributed by atoms with Crippen molar-refractivity contribution in [3.8, 4) is 5.75 Å². The van der Waals surface area contributed by atoms with Gasteiger partial charge in [0.2, 0.25) is 0 Å². The van der Waals surface area contributed by atoms with Crippen molar-refractivity contribution < 1.29 is 4.74 Å². The van der Waals surface area contributed by atoms with Gasteiger partial charge < -0.3 is 20.4 Å². The van der Waals surface area contributed by atoms with Crippen LogP contribution in [0.25, 0.3) is 10.8 Å². The maximum atomic E-state index is 12.7. The third-order valence-electron chi connectivity index (χ3n) is 5.22. The molecule has 3 N–H and O–H groups in total. The highest BCUT2D eigenvalue weighted by Crippen LogP contribution is 2.32. The summed E-state index contributed by atoms with van der Waals surface area (Å²) in [6.07, 6.45) is 4.65. The molecule has 2 heterocycles. The van der Waals surface area contributed by atoms with E-state index in [0.29, 0.717) is 29.5 Å². The summed E-state index contributed by atoms with van der Waals surface area (Å²) >= 11 is 1.66. The van der Waals surface area contributed by atoms with Crippen molar-refractivity contribution in [3.05, 3.63) is 77.2 Å². The lowest BCUT2D eigenvalue weighted by Gasteiger charge is -2.16. The minimum absolute atomic E-state index is 0.197. The molecule has 33 heavy (non-hydrogen) atoms. The van der Waals surface area contributed by atoms with Crippen molar-refractivity contribution in [2.24, 2.45) is 5.92 Å². The number of thioether (sulfide) groups is 1. The fraction of sp³-hybridized carbons (Fsp3) is 0.231. The Balaban J connectivity index is 1.72. The number of hydrogen-bond acceptors (Lipinski definition) is 6. The number of pyridine rings is 2. The number of anilines is 4. The molecule has 0 saturated carbocycles. The van der Waals surface area contributed by atoms with Gasteiger partial charge in [0.25, 0.3) is 5.56 Å². The van der Waals surface area contributed by atoms with Crippen molar-refractivity contribution in [2.45, 2.75) is 25.2 Å². The Bertz CT molecular complexity index is 1300. The molecule has 0 amide bonds. The van der Waals surface area contributed by atoms with E-state index in [0.717, 1.165) is 33.8 Å². The lowest BCUT2D eigenvalue weighted by molar-refractivity contribution is 0.291. The lowest BCUT2D eigenvalue weighted by Crippen LogP contribution is -2.10. The van der Waals surface area contributed by atoms with E-state index in [1.165, 1.54) is 0 Å². The predicted molar refractivity (Wildman–Crippen MR) is 139 cm³/mol. The standard InChI is InChI=1S/C26H28N4O2S/c1-17(2)13-15-32-21-10-6-4-8-19(21)29-25-24-18(12-14-27-26(24)31)16-23(30-25)28-20-9-5-7-11-22(20)33-3/h4-12,14,16-17H,13,15H2,1-3H3,(H,27,31)(H2,28,29,30). The van der Waals surface area contributed by atoms with E-state index in [-0.39, 0.29) is 5.56 Å². The van der Waals surface area contributed by atoms with Gasteiger partial charge in [-0.25, -0.2) is 4.98 Å². The Kier molecular flexibility index (Phi) is 7.19. The van der Waals surface area contributed by atoms with E-state index in [1.54, 1.807) is 18.0 Å². The molecule has 0 aliphatic heterocycles. The van der Waals surface area contributed by atoms with Crippen molar-refractivity contribution >= 4 is 45.5 Å². The van der Waals surface area contributed by atoms with Crippen LogP contribution < -0.4 is 20.9 Å². The van der Waals surface area contributed by atoms with E-state index in [4.69, 9.17) is 9.72 Å². The lowest BCUT2D eigenvalue weighted by atomic mass is 10.1. The minimum atomic E-state index is -0.197. The van der Waals surface area contributed by atoms with Crippen LogP contribution in [-0.4, -0.2) is 22.8 Å². The second kappa shape index (κ2) is 10.4. The number of rotatable bonds is 9. The number of H-pyrrole nitrogens is 1. The summed E-state index contributed by atoms with van der Waals surface area (Å²) in [5, 5.41) is 8.04. The molecule has 0 aliphatic carbocycles. The van der Waals surface area contributed by atoms with Gasteiger partial charge in [0.1, 0.15) is 17.4 Å². The monoisotopic (exact) mass is 460 g/mol. The third-order valence-corrected chi connectivity index (χ3v) is 6.01. The Hall–Kier alpha value is -3.45. The molecule has 2 aromatic heterocycles. The normalized spacial score (nSPS) is 11.0. The molecule has 4 rings (SSSR count). The fourth-order valence-electron chi connectivity index (χ4n) is 3.48. The molecule has 4 aromatic rings. The molecule has 0 fully saturated rings. The molecule has 7 heteroatoms. The molecule has 0 spiro atoms. The number of fused-ring (bicyclic) bond motifs is 1. The van der Waals surface area contributed by atoms with Gasteiger partial charge >= 0.3 is 0 Å². The van der Waals surface area contributed by atoms with Crippen molar-refractivity contribution in [1.29, 1.82) is 0 Å². The zero-order chi connectivity index (χ0) is 23.2. The molecular weight excluding hydrogens is 432 g/mol. The maximum Gasteiger partial charge on any atom is 0.259 e. The Morgan fingerprint density at radius 1 is 1.03 bits per heavy atom. The SMILES string of the molecule is CSc1ccccc1Nc1cc2cc[nH]c(=O)c2c(Nc2ccccc2OCCC(C)C)n1. The average molecular weight is 461 g/mol. The van der Waals surface area contributed by atoms with Gasteiger partial charge in [-0.2, -0.15) is 0 Å². The summed E-state index contributed by atoms with van der Waals surface area (Å²) in [5.41, 5.74) is 1.53. The van der Waals surface area contributed by atoms with Gasteiger partial charge in [-0.05, 0) is 60.4 Å². The first kappa shape index (κ1) is 22.7. The minimum Gasteiger partial charge on any atom is -0.491 e. The van der Waals surface area contributed by atoms with Gasteiger partial charge in [0.05, 0.1) is 23.4 Å². The van der Waals surface area contributed by atoms with Crippen LogP contribution in [0.15, 0.2) is 76.6 Å². The first-order valence-electron chi connectivity index (χ1n) is 11.0. The fourth-order valence-corrected chi connectivity index (χ4v) is 4.04. The highest BCUT2D eigenvalue weighted by atomic mass is 32.2. The number of benzene rings is 2. The van der Waals surface area contributed by atoms with Crippen LogP contribution >= 0.6 is 11.8 Å². The highest BCUT2D eigenvalue weighted by molar-refractivity contribution is 7.98. The van der Waals surface area contributed by atoms with Gasteiger partial charge in [-0.15, -0.1) is 11.8 Å². The number of aromatic nitrogens is 2. The first-order chi connectivity index (χ1) is 16.0. The second-order valence-corrected chi connectivity index (χ2v) is 8.95. The molecule has 0 radical (unpaired) electrons. The Morgan fingerprint density at radius 3 is 2.58 bits per heavy atom. The topological polar surface area (TPSA) is 79.0 Å². The molecular formula is C26H28N4O2S. The quantitative estimate of drug-likeness (QED) is 0.246. The second-order valence-electron chi connectivity index (χ2n) is 8.10. The van der Waals surface area contributed by atoms with Crippen molar-refractivity contribution in [3.63, 3.8) is 0 Å². The van der Waals surface area contributed by atoms with Gasteiger partial charge in [-0.1, -0.05) is 38.1 Å². The summed E-state index contributed by atoms with van der Waals surface area (Å²) in [7, 11) is 0. The third kappa shape index (κ3) is 5.49. The predicted octanol–water partition coefficient (Wildman–Crippen LogP) is 6.56. The maximum absolute atomic E-state index is 12.7. The largest absolute Gasteiger partial charge is 0.491 e. The van der Waals surface area contributed by atoms with Crippen molar-refractivity contribution in [2.75, 3.05) is 23.5 Å². The summed E-state index contributed by atoms with van der Waals surface area (Å²) in [5.74, 6) is 2.40. The van der Waals surface area contributed by atoms with Crippen LogP contribution in [0.4, 0.5) is 23.0 Å². The molecule has 0 unspecified atom stereocenters.